The van der Waals surface area contributed by atoms with E-state index >= 15 is 0 Å². The Balaban J connectivity index is 1.99. The van der Waals surface area contributed by atoms with Crippen LogP contribution in [0.2, 0.25) is 0 Å². The molecule has 1 atom stereocenters. The summed E-state index contributed by atoms with van der Waals surface area (Å²) >= 11 is 0. The third-order valence-electron chi connectivity index (χ3n) is 3.34. The maximum absolute atomic E-state index is 12.3. The fourth-order valence-corrected chi connectivity index (χ4v) is 2.13. The number of hydrogen-bond acceptors (Lipinski definition) is 5. The van der Waals surface area contributed by atoms with Crippen molar-refractivity contribution in [2.45, 2.75) is 33.0 Å². The van der Waals surface area contributed by atoms with Crippen LogP contribution in [0.5, 0.6) is 0 Å². The summed E-state index contributed by atoms with van der Waals surface area (Å²) in [5, 5.41) is 0. The van der Waals surface area contributed by atoms with Gasteiger partial charge >= 0.3 is 11.9 Å². The molecule has 0 aliphatic carbocycles. The second-order valence-corrected chi connectivity index (χ2v) is 5.85. The Hall–Kier alpha value is -2.69. The minimum atomic E-state index is -0.922. The summed E-state index contributed by atoms with van der Waals surface area (Å²) in [4.78, 5) is 28.3. The molecule has 2 rings (SSSR count). The van der Waals surface area contributed by atoms with Crippen molar-refractivity contribution in [2.75, 3.05) is 0 Å². The third-order valence-corrected chi connectivity index (χ3v) is 3.34. The molecule has 0 fully saturated rings. The average molecular weight is 327 g/mol. The lowest BCUT2D eigenvalue weighted by molar-refractivity contribution is -0.156. The van der Waals surface area contributed by atoms with Crippen LogP contribution in [0.4, 0.5) is 0 Å². The molecule has 1 aromatic carbocycles. The van der Waals surface area contributed by atoms with Gasteiger partial charge in [0.2, 0.25) is 0 Å². The molecule has 0 radical (unpaired) electrons. The molecule has 0 bridgehead atoms. The van der Waals surface area contributed by atoms with E-state index in [0.717, 1.165) is 5.56 Å². The molecule has 0 saturated carbocycles. The Bertz CT molecular complexity index is 656. The number of carbonyl (C=O) groups is 2. The molecule has 0 N–H and O–H groups in total. The van der Waals surface area contributed by atoms with Gasteiger partial charge in [0.05, 0.1) is 5.56 Å². The highest BCUT2D eigenvalue weighted by Crippen LogP contribution is 2.14. The Morgan fingerprint density at radius 1 is 1.04 bits per heavy atom. The van der Waals surface area contributed by atoms with Gasteiger partial charge in [-0.3, -0.25) is 4.98 Å². The lowest BCUT2D eigenvalue weighted by atomic mass is 10.1. The van der Waals surface area contributed by atoms with Crippen LogP contribution >= 0.6 is 0 Å². The second kappa shape index (κ2) is 8.82. The van der Waals surface area contributed by atoms with Crippen LogP contribution in [0.3, 0.4) is 0 Å². The van der Waals surface area contributed by atoms with Gasteiger partial charge in [-0.1, -0.05) is 44.2 Å². The highest BCUT2D eigenvalue weighted by atomic mass is 16.6. The van der Waals surface area contributed by atoms with Crippen LogP contribution in [0.15, 0.2) is 54.9 Å². The summed E-state index contributed by atoms with van der Waals surface area (Å²) in [5.74, 6) is -0.904. The molecule has 0 amide bonds. The van der Waals surface area contributed by atoms with Gasteiger partial charge < -0.3 is 9.47 Å². The van der Waals surface area contributed by atoms with E-state index in [2.05, 4.69) is 4.98 Å². The Morgan fingerprint density at radius 2 is 1.71 bits per heavy atom. The van der Waals surface area contributed by atoms with Crippen LogP contribution in [0, 0.1) is 5.92 Å². The van der Waals surface area contributed by atoms with Crippen molar-refractivity contribution >= 4 is 11.9 Å². The van der Waals surface area contributed by atoms with E-state index in [9.17, 15) is 9.59 Å². The monoisotopic (exact) mass is 327 g/mol. The van der Waals surface area contributed by atoms with Gasteiger partial charge in [0.15, 0.2) is 6.10 Å². The molecule has 0 saturated heterocycles. The van der Waals surface area contributed by atoms with E-state index < -0.39 is 18.0 Å². The summed E-state index contributed by atoms with van der Waals surface area (Å²) in [5.41, 5.74) is 1.24. The van der Waals surface area contributed by atoms with E-state index in [1.54, 1.807) is 12.1 Å². The minimum absolute atomic E-state index is 0.154. The minimum Gasteiger partial charge on any atom is -0.458 e. The third kappa shape index (κ3) is 5.50. The normalized spacial score (nSPS) is 11.8. The predicted octanol–water partition coefficient (Wildman–Crippen LogP) is 3.40. The smallest absolute Gasteiger partial charge is 0.347 e. The van der Waals surface area contributed by atoms with Crippen LogP contribution in [-0.4, -0.2) is 23.0 Å². The highest BCUT2D eigenvalue weighted by molar-refractivity contribution is 5.91. The summed E-state index contributed by atoms with van der Waals surface area (Å²) < 4.78 is 10.7. The fraction of sp³-hybridized carbons (Fsp3) is 0.316. The predicted molar refractivity (Wildman–Crippen MR) is 89.1 cm³/mol. The second-order valence-electron chi connectivity index (χ2n) is 5.85. The van der Waals surface area contributed by atoms with Crippen molar-refractivity contribution in [3.8, 4) is 0 Å². The number of esters is 2. The van der Waals surface area contributed by atoms with Gasteiger partial charge in [-0.25, -0.2) is 9.59 Å². The van der Waals surface area contributed by atoms with Gasteiger partial charge in [-0.2, -0.15) is 0 Å². The fourth-order valence-electron chi connectivity index (χ4n) is 2.13. The van der Waals surface area contributed by atoms with Crippen molar-refractivity contribution < 1.29 is 19.1 Å². The lowest BCUT2D eigenvalue weighted by Gasteiger charge is -2.18. The zero-order valence-corrected chi connectivity index (χ0v) is 13.8. The number of rotatable bonds is 7. The summed E-state index contributed by atoms with van der Waals surface area (Å²) in [6.45, 7) is 4.07. The SMILES string of the molecule is CC(C)CC(OC(=O)c1ccncc1)C(=O)OCc1ccccc1. The van der Waals surface area contributed by atoms with E-state index in [-0.39, 0.29) is 12.5 Å². The van der Waals surface area contributed by atoms with Crippen molar-refractivity contribution in [2.24, 2.45) is 5.92 Å². The van der Waals surface area contributed by atoms with Crippen molar-refractivity contribution in [1.82, 2.24) is 4.98 Å². The summed E-state index contributed by atoms with van der Waals surface area (Å²) in [6.07, 6.45) is 2.49. The number of carbonyl (C=O) groups excluding carboxylic acids is 2. The van der Waals surface area contributed by atoms with Crippen molar-refractivity contribution in [3.63, 3.8) is 0 Å². The van der Waals surface area contributed by atoms with Crippen LogP contribution in [0.25, 0.3) is 0 Å². The first-order chi connectivity index (χ1) is 11.6. The van der Waals surface area contributed by atoms with E-state index in [1.165, 1.54) is 12.4 Å². The lowest BCUT2D eigenvalue weighted by Crippen LogP contribution is -2.30. The first-order valence-corrected chi connectivity index (χ1v) is 7.88. The molecule has 1 unspecified atom stereocenters. The summed E-state index contributed by atoms with van der Waals surface area (Å²) in [7, 11) is 0. The van der Waals surface area contributed by atoms with E-state index in [1.807, 2.05) is 44.2 Å². The molecular weight excluding hydrogens is 306 g/mol. The van der Waals surface area contributed by atoms with Gasteiger partial charge in [0.25, 0.3) is 0 Å². The quantitative estimate of drug-likeness (QED) is 0.729. The van der Waals surface area contributed by atoms with Gasteiger partial charge in [-0.15, -0.1) is 0 Å². The Kier molecular flexibility index (Phi) is 6.49. The number of ether oxygens (including phenoxy) is 2. The maximum atomic E-state index is 12.3. The first-order valence-electron chi connectivity index (χ1n) is 7.88. The molecular formula is C19H21NO4. The number of benzene rings is 1. The molecule has 5 nitrogen and oxygen atoms in total. The molecule has 1 aromatic heterocycles. The molecule has 24 heavy (non-hydrogen) atoms. The molecule has 0 aliphatic heterocycles. The van der Waals surface area contributed by atoms with Gasteiger partial charge in [0, 0.05) is 12.4 Å². The molecule has 5 heteroatoms. The van der Waals surface area contributed by atoms with Crippen LogP contribution in [-0.2, 0) is 20.9 Å². The maximum Gasteiger partial charge on any atom is 0.347 e. The zero-order valence-electron chi connectivity index (χ0n) is 13.8. The van der Waals surface area contributed by atoms with Crippen LogP contribution in [0.1, 0.15) is 36.2 Å². The van der Waals surface area contributed by atoms with Crippen LogP contribution < -0.4 is 0 Å². The number of nitrogens with zero attached hydrogens (tertiary/aromatic N) is 1. The van der Waals surface area contributed by atoms with Crippen molar-refractivity contribution in [3.05, 3.63) is 66.0 Å². The summed E-state index contributed by atoms with van der Waals surface area (Å²) in [6, 6.07) is 12.5. The number of hydrogen-bond donors (Lipinski definition) is 0. The average Bonchev–Trinajstić information content (AvgIpc) is 2.60. The van der Waals surface area contributed by atoms with Gasteiger partial charge in [0.1, 0.15) is 6.61 Å². The molecule has 0 spiro atoms. The van der Waals surface area contributed by atoms with Crippen molar-refractivity contribution in [1.29, 1.82) is 0 Å². The zero-order chi connectivity index (χ0) is 17.4. The molecule has 2 aromatic rings. The molecule has 1 heterocycles. The van der Waals surface area contributed by atoms with Gasteiger partial charge in [-0.05, 0) is 30.0 Å². The first kappa shape index (κ1) is 17.7. The topological polar surface area (TPSA) is 65.5 Å². The molecule has 0 aliphatic rings. The Labute approximate surface area is 141 Å². The largest absolute Gasteiger partial charge is 0.458 e. The number of pyridine rings is 1. The molecule has 126 valence electrons. The van der Waals surface area contributed by atoms with E-state index in [4.69, 9.17) is 9.47 Å². The highest BCUT2D eigenvalue weighted by Gasteiger charge is 2.26. The van der Waals surface area contributed by atoms with E-state index in [0.29, 0.717) is 12.0 Å². The standard InChI is InChI=1S/C19H21NO4/c1-14(2)12-17(24-18(21)16-8-10-20-11-9-16)19(22)23-13-15-6-4-3-5-7-15/h3-11,14,17H,12-13H2,1-2H3. The Morgan fingerprint density at radius 3 is 2.33 bits per heavy atom. The number of aromatic nitrogens is 1.